The number of morpholine rings is 1. The molecule has 2 rings (SSSR count). The normalized spacial score (nSPS) is 19.0. The number of nitrogens with zero attached hydrogens (tertiary/aromatic N) is 4. The maximum absolute atomic E-state index is 5.63. The molecule has 0 amide bonds. The molecule has 1 fully saturated rings. The molecule has 2 heterocycles. The van der Waals surface area contributed by atoms with Crippen LogP contribution in [0.3, 0.4) is 0 Å². The molecule has 0 aromatic carbocycles. The largest absolute Gasteiger partial charge is 0.467 e. The Hall–Kier alpha value is -1.22. The maximum atomic E-state index is 5.63. The van der Waals surface area contributed by atoms with E-state index in [0.29, 0.717) is 12.4 Å². The minimum atomic E-state index is -0.167. The van der Waals surface area contributed by atoms with Gasteiger partial charge in [0.05, 0.1) is 20.8 Å². The van der Waals surface area contributed by atoms with Crippen LogP contribution in [0, 0.1) is 0 Å². The van der Waals surface area contributed by atoms with Crippen LogP contribution in [-0.2, 0) is 4.74 Å². The summed E-state index contributed by atoms with van der Waals surface area (Å²) >= 11 is 0. The van der Waals surface area contributed by atoms with Crippen LogP contribution >= 0.6 is 12.4 Å². The summed E-state index contributed by atoms with van der Waals surface area (Å²) < 4.78 is 15.6. The molecule has 0 radical (unpaired) electrons. The lowest BCUT2D eigenvalue weighted by atomic mass is 10.2. The first kappa shape index (κ1) is 17.8. The quantitative estimate of drug-likeness (QED) is 0.740. The number of hydrogen-bond acceptors (Lipinski definition) is 7. The van der Waals surface area contributed by atoms with Crippen LogP contribution in [-0.4, -0.2) is 66.3 Å². The molecule has 1 atom stereocenters. The molecule has 1 saturated heterocycles. The lowest BCUT2D eigenvalue weighted by Gasteiger charge is -2.28. The van der Waals surface area contributed by atoms with Gasteiger partial charge in [-0.2, -0.15) is 9.97 Å². The van der Waals surface area contributed by atoms with Gasteiger partial charge in [0.1, 0.15) is 6.10 Å². The van der Waals surface area contributed by atoms with Crippen molar-refractivity contribution in [3.05, 3.63) is 5.82 Å². The van der Waals surface area contributed by atoms with E-state index in [-0.39, 0.29) is 36.0 Å². The maximum Gasteiger partial charge on any atom is 0.322 e. The summed E-state index contributed by atoms with van der Waals surface area (Å²) in [6, 6.07) is 0.479. The van der Waals surface area contributed by atoms with Gasteiger partial charge in [-0.05, 0) is 7.05 Å². The Bertz CT molecular complexity index is 374. The molecule has 0 spiro atoms. The first-order valence-electron chi connectivity index (χ1n) is 5.37. The Morgan fingerprint density at radius 2 is 1.74 bits per heavy atom. The Morgan fingerprint density at radius 3 is 2.21 bits per heavy atom. The van der Waals surface area contributed by atoms with E-state index in [1.54, 1.807) is 0 Å². The standard InChI is InChI=1S/C10H16N4O3.ClH.H2O/c1-14-4-5-17-7(6-14)8-11-9(15-2)13-10(12-8)16-3;;/h7H,4-6H2,1-3H3;1H;1H2. The molecule has 1 aromatic heterocycles. The van der Waals surface area contributed by atoms with Crippen molar-refractivity contribution in [2.24, 2.45) is 0 Å². The number of rotatable bonds is 3. The van der Waals surface area contributed by atoms with E-state index in [2.05, 4.69) is 19.9 Å². The second-order valence-corrected chi connectivity index (χ2v) is 3.79. The smallest absolute Gasteiger partial charge is 0.322 e. The predicted molar refractivity (Wildman–Crippen MR) is 70.0 cm³/mol. The van der Waals surface area contributed by atoms with Gasteiger partial charge in [0.15, 0.2) is 5.82 Å². The average Bonchev–Trinajstić information content (AvgIpc) is 2.38. The van der Waals surface area contributed by atoms with Gasteiger partial charge < -0.3 is 24.6 Å². The zero-order chi connectivity index (χ0) is 12.3. The Morgan fingerprint density at radius 1 is 1.16 bits per heavy atom. The van der Waals surface area contributed by atoms with Crippen LogP contribution in [0.25, 0.3) is 0 Å². The summed E-state index contributed by atoms with van der Waals surface area (Å²) in [6.07, 6.45) is -0.167. The van der Waals surface area contributed by atoms with Crippen molar-refractivity contribution < 1.29 is 19.7 Å². The first-order valence-corrected chi connectivity index (χ1v) is 5.37. The summed E-state index contributed by atoms with van der Waals surface area (Å²) in [5.41, 5.74) is 0. The van der Waals surface area contributed by atoms with Gasteiger partial charge in [0, 0.05) is 13.1 Å². The van der Waals surface area contributed by atoms with Crippen LogP contribution in [0.1, 0.15) is 11.9 Å². The molecular formula is C10H19ClN4O4. The summed E-state index contributed by atoms with van der Waals surface area (Å²) in [7, 11) is 5.05. The average molecular weight is 295 g/mol. The minimum Gasteiger partial charge on any atom is -0.467 e. The van der Waals surface area contributed by atoms with Crippen molar-refractivity contribution in [3.8, 4) is 12.0 Å². The first-order chi connectivity index (χ1) is 8.22. The number of hydrogen-bond donors (Lipinski definition) is 0. The second kappa shape index (κ2) is 8.05. The van der Waals surface area contributed by atoms with E-state index in [1.165, 1.54) is 14.2 Å². The number of halogens is 1. The Labute approximate surface area is 117 Å². The van der Waals surface area contributed by atoms with Gasteiger partial charge in [-0.25, -0.2) is 0 Å². The predicted octanol–water partition coefficient (Wildman–Crippen LogP) is -0.511. The summed E-state index contributed by atoms with van der Waals surface area (Å²) in [4.78, 5) is 14.5. The van der Waals surface area contributed by atoms with Crippen LogP contribution < -0.4 is 9.47 Å². The topological polar surface area (TPSA) is 101 Å². The van der Waals surface area contributed by atoms with Crippen LogP contribution in [0.4, 0.5) is 0 Å². The molecule has 1 unspecified atom stereocenters. The van der Waals surface area contributed by atoms with Crippen molar-refractivity contribution in [3.63, 3.8) is 0 Å². The molecule has 8 nitrogen and oxygen atoms in total. The SMILES string of the molecule is COc1nc(OC)nc(C2CN(C)CCO2)n1.Cl.O. The summed E-state index contributed by atoms with van der Waals surface area (Å²) in [6.45, 7) is 2.32. The highest BCUT2D eigenvalue weighted by molar-refractivity contribution is 5.85. The van der Waals surface area contributed by atoms with Crippen LogP contribution in [0.5, 0.6) is 12.0 Å². The Kier molecular flexibility index (Phi) is 7.53. The molecule has 0 aliphatic carbocycles. The van der Waals surface area contributed by atoms with Gasteiger partial charge in [-0.3, -0.25) is 0 Å². The third-order valence-electron chi connectivity index (χ3n) is 2.53. The van der Waals surface area contributed by atoms with E-state index in [4.69, 9.17) is 14.2 Å². The fraction of sp³-hybridized carbons (Fsp3) is 0.700. The zero-order valence-corrected chi connectivity index (χ0v) is 11.9. The van der Waals surface area contributed by atoms with E-state index >= 15 is 0 Å². The number of aromatic nitrogens is 3. The fourth-order valence-electron chi connectivity index (χ4n) is 1.61. The van der Waals surface area contributed by atoms with Crippen molar-refractivity contribution in [1.82, 2.24) is 19.9 Å². The summed E-state index contributed by atoms with van der Waals surface area (Å²) in [5.74, 6) is 0.542. The van der Waals surface area contributed by atoms with Crippen molar-refractivity contribution in [2.45, 2.75) is 6.10 Å². The van der Waals surface area contributed by atoms with Gasteiger partial charge in [0.2, 0.25) is 0 Å². The van der Waals surface area contributed by atoms with Crippen LogP contribution in [0.2, 0.25) is 0 Å². The molecule has 19 heavy (non-hydrogen) atoms. The molecular weight excluding hydrogens is 276 g/mol. The van der Waals surface area contributed by atoms with E-state index < -0.39 is 0 Å². The van der Waals surface area contributed by atoms with Gasteiger partial charge >= 0.3 is 12.0 Å². The highest BCUT2D eigenvalue weighted by atomic mass is 35.5. The summed E-state index contributed by atoms with van der Waals surface area (Å²) in [5, 5.41) is 0. The molecule has 2 N–H and O–H groups in total. The van der Waals surface area contributed by atoms with Crippen molar-refractivity contribution in [1.29, 1.82) is 0 Å². The van der Waals surface area contributed by atoms with E-state index in [0.717, 1.165) is 13.1 Å². The van der Waals surface area contributed by atoms with Gasteiger partial charge in [0.25, 0.3) is 0 Å². The monoisotopic (exact) mass is 294 g/mol. The molecule has 0 bridgehead atoms. The molecule has 1 aromatic rings. The minimum absolute atomic E-state index is 0. The number of methoxy groups -OCH3 is 2. The van der Waals surface area contributed by atoms with E-state index in [9.17, 15) is 0 Å². The van der Waals surface area contributed by atoms with E-state index in [1.807, 2.05) is 7.05 Å². The number of ether oxygens (including phenoxy) is 3. The van der Waals surface area contributed by atoms with Crippen LogP contribution in [0.15, 0.2) is 0 Å². The zero-order valence-electron chi connectivity index (χ0n) is 11.1. The van der Waals surface area contributed by atoms with Crippen molar-refractivity contribution in [2.75, 3.05) is 41.0 Å². The lowest BCUT2D eigenvalue weighted by Crippen LogP contribution is -2.36. The second-order valence-electron chi connectivity index (χ2n) is 3.79. The third-order valence-corrected chi connectivity index (χ3v) is 2.53. The molecule has 9 heteroatoms. The molecule has 1 aliphatic heterocycles. The number of likely N-dealkylation sites (N-methyl/N-ethyl adjacent to an activating group) is 1. The third kappa shape index (κ3) is 4.43. The van der Waals surface area contributed by atoms with Gasteiger partial charge in [-0.15, -0.1) is 17.4 Å². The lowest BCUT2D eigenvalue weighted by molar-refractivity contribution is -0.0261. The Balaban J connectivity index is 0.00000162. The molecule has 1 aliphatic rings. The highest BCUT2D eigenvalue weighted by Gasteiger charge is 2.23. The molecule has 0 saturated carbocycles. The highest BCUT2D eigenvalue weighted by Crippen LogP contribution is 2.21. The van der Waals surface area contributed by atoms with Crippen molar-refractivity contribution >= 4 is 12.4 Å². The fourth-order valence-corrected chi connectivity index (χ4v) is 1.61. The van der Waals surface area contributed by atoms with Gasteiger partial charge in [-0.1, -0.05) is 0 Å². The molecule has 110 valence electrons.